The van der Waals surface area contributed by atoms with Gasteiger partial charge >= 0.3 is 0 Å². The van der Waals surface area contributed by atoms with Gasteiger partial charge in [-0.25, -0.2) is 0 Å². The van der Waals surface area contributed by atoms with Gasteiger partial charge in [0.25, 0.3) is 5.91 Å². The van der Waals surface area contributed by atoms with Gasteiger partial charge in [-0.05, 0) is 19.4 Å². The average molecular weight is 223 g/mol. The fraction of sp³-hybridized carbons (Fsp3) is 0.583. The minimum atomic E-state index is -0.0327. The van der Waals surface area contributed by atoms with Crippen LogP contribution in [0.4, 0.5) is 5.69 Å². The molecule has 0 saturated carbocycles. The molecule has 1 aromatic rings. The molecule has 0 radical (unpaired) electrons. The molecule has 90 valence electrons. The summed E-state index contributed by atoms with van der Waals surface area (Å²) in [4.78, 5) is 11.8. The first-order chi connectivity index (χ1) is 7.69. The fourth-order valence-electron chi connectivity index (χ4n) is 1.65. The van der Waals surface area contributed by atoms with E-state index in [4.69, 9.17) is 5.73 Å². The molecule has 1 aromatic heterocycles. The number of amides is 1. The fourth-order valence-corrected chi connectivity index (χ4v) is 1.65. The van der Waals surface area contributed by atoms with Crippen LogP contribution in [-0.2, 0) is 6.54 Å². The highest BCUT2D eigenvalue weighted by atomic mass is 16.1. The van der Waals surface area contributed by atoms with Crippen molar-refractivity contribution >= 4 is 11.6 Å². The molecule has 0 saturated heterocycles. The first-order valence-electron chi connectivity index (χ1n) is 5.92. The lowest BCUT2D eigenvalue weighted by molar-refractivity contribution is 0.0944. The van der Waals surface area contributed by atoms with Crippen LogP contribution in [0.2, 0.25) is 0 Å². The molecule has 0 aromatic carbocycles. The lowest BCUT2D eigenvalue weighted by Gasteiger charge is -2.07. The van der Waals surface area contributed by atoms with Crippen molar-refractivity contribution in [2.75, 3.05) is 12.3 Å². The van der Waals surface area contributed by atoms with Crippen LogP contribution in [0.15, 0.2) is 12.3 Å². The summed E-state index contributed by atoms with van der Waals surface area (Å²) in [7, 11) is 0. The van der Waals surface area contributed by atoms with Gasteiger partial charge in [0, 0.05) is 19.3 Å². The molecule has 0 aliphatic rings. The summed E-state index contributed by atoms with van der Waals surface area (Å²) in [5.74, 6) is -0.0327. The largest absolute Gasteiger partial charge is 0.397 e. The standard InChI is InChI=1S/C12H21N3O/c1-3-5-6-7-14-12(16)11-8-10(13)9-15(11)4-2/h8-9H,3-7,13H2,1-2H3,(H,14,16). The summed E-state index contributed by atoms with van der Waals surface area (Å²) in [5.41, 5.74) is 6.96. The Morgan fingerprint density at radius 2 is 2.19 bits per heavy atom. The molecule has 0 fully saturated rings. The van der Waals surface area contributed by atoms with E-state index in [0.717, 1.165) is 32.4 Å². The number of carbonyl (C=O) groups excluding carboxylic acids is 1. The monoisotopic (exact) mass is 223 g/mol. The van der Waals surface area contributed by atoms with Gasteiger partial charge in [0.15, 0.2) is 0 Å². The van der Waals surface area contributed by atoms with Gasteiger partial charge in [-0.3, -0.25) is 4.79 Å². The summed E-state index contributed by atoms with van der Waals surface area (Å²) in [6, 6.07) is 1.72. The first kappa shape index (κ1) is 12.6. The molecule has 0 bridgehead atoms. The number of nitrogens with zero attached hydrogens (tertiary/aromatic N) is 1. The van der Waals surface area contributed by atoms with Crippen molar-refractivity contribution < 1.29 is 4.79 Å². The number of aryl methyl sites for hydroxylation is 1. The Labute approximate surface area is 96.8 Å². The van der Waals surface area contributed by atoms with Gasteiger partial charge in [0.05, 0.1) is 5.69 Å². The van der Waals surface area contributed by atoms with Gasteiger partial charge in [-0.2, -0.15) is 0 Å². The van der Waals surface area contributed by atoms with E-state index in [2.05, 4.69) is 12.2 Å². The zero-order chi connectivity index (χ0) is 12.0. The lowest BCUT2D eigenvalue weighted by Crippen LogP contribution is -2.26. The van der Waals surface area contributed by atoms with Crippen LogP contribution in [0.5, 0.6) is 0 Å². The number of nitrogens with one attached hydrogen (secondary N) is 1. The number of nitrogen functional groups attached to an aromatic ring is 1. The SMILES string of the molecule is CCCCCNC(=O)c1cc(N)cn1CC. The van der Waals surface area contributed by atoms with Gasteiger partial charge in [0.2, 0.25) is 0 Å². The minimum Gasteiger partial charge on any atom is -0.397 e. The molecule has 16 heavy (non-hydrogen) atoms. The van der Waals surface area contributed by atoms with Crippen LogP contribution in [0, 0.1) is 0 Å². The highest BCUT2D eigenvalue weighted by Crippen LogP contribution is 2.10. The Kier molecular flexibility index (Phi) is 4.89. The van der Waals surface area contributed by atoms with E-state index >= 15 is 0 Å². The van der Waals surface area contributed by atoms with Crippen molar-refractivity contribution in [1.82, 2.24) is 9.88 Å². The highest BCUT2D eigenvalue weighted by molar-refractivity contribution is 5.93. The highest BCUT2D eigenvalue weighted by Gasteiger charge is 2.10. The average Bonchev–Trinajstić information content (AvgIpc) is 2.65. The molecule has 0 spiro atoms. The summed E-state index contributed by atoms with van der Waals surface area (Å²) in [5, 5.41) is 2.91. The third-order valence-corrected chi connectivity index (χ3v) is 2.56. The second-order valence-corrected chi connectivity index (χ2v) is 3.91. The number of hydrogen-bond donors (Lipinski definition) is 2. The van der Waals surface area contributed by atoms with E-state index in [0.29, 0.717) is 11.4 Å². The van der Waals surface area contributed by atoms with Gasteiger partial charge in [-0.15, -0.1) is 0 Å². The predicted molar refractivity (Wildman–Crippen MR) is 66.4 cm³/mol. The number of rotatable bonds is 6. The summed E-state index contributed by atoms with van der Waals surface area (Å²) in [6.07, 6.45) is 5.14. The molecule has 0 atom stereocenters. The van der Waals surface area contributed by atoms with Crippen molar-refractivity contribution in [3.05, 3.63) is 18.0 Å². The van der Waals surface area contributed by atoms with Crippen molar-refractivity contribution in [2.24, 2.45) is 0 Å². The lowest BCUT2D eigenvalue weighted by atomic mass is 10.2. The van der Waals surface area contributed by atoms with Crippen molar-refractivity contribution in [3.8, 4) is 0 Å². The Morgan fingerprint density at radius 1 is 1.44 bits per heavy atom. The maximum absolute atomic E-state index is 11.8. The Hall–Kier alpha value is -1.45. The maximum atomic E-state index is 11.8. The van der Waals surface area contributed by atoms with Crippen molar-refractivity contribution in [2.45, 2.75) is 39.7 Å². The van der Waals surface area contributed by atoms with Crippen molar-refractivity contribution in [3.63, 3.8) is 0 Å². The Balaban J connectivity index is 2.51. The number of carbonyl (C=O) groups is 1. The minimum absolute atomic E-state index is 0.0327. The topological polar surface area (TPSA) is 60.1 Å². The Morgan fingerprint density at radius 3 is 2.81 bits per heavy atom. The molecular weight excluding hydrogens is 202 g/mol. The zero-order valence-corrected chi connectivity index (χ0v) is 10.1. The van der Waals surface area contributed by atoms with Crippen LogP contribution in [0.1, 0.15) is 43.6 Å². The number of aromatic nitrogens is 1. The summed E-state index contributed by atoms with van der Waals surface area (Å²) in [6.45, 7) is 5.63. The van der Waals surface area contributed by atoms with Crippen LogP contribution >= 0.6 is 0 Å². The van der Waals surface area contributed by atoms with E-state index in [-0.39, 0.29) is 5.91 Å². The van der Waals surface area contributed by atoms with Crippen LogP contribution in [0.3, 0.4) is 0 Å². The molecule has 1 heterocycles. The molecule has 3 N–H and O–H groups in total. The Bertz CT molecular complexity index is 344. The van der Waals surface area contributed by atoms with E-state index in [1.54, 1.807) is 12.3 Å². The third kappa shape index (κ3) is 3.29. The molecule has 0 aliphatic carbocycles. The van der Waals surface area contributed by atoms with Crippen LogP contribution in [0.25, 0.3) is 0 Å². The number of hydrogen-bond acceptors (Lipinski definition) is 2. The predicted octanol–water partition coefficient (Wildman–Crippen LogP) is 2.01. The molecule has 1 amide bonds. The molecule has 0 unspecified atom stereocenters. The van der Waals surface area contributed by atoms with E-state index in [9.17, 15) is 4.79 Å². The second kappa shape index (κ2) is 6.20. The molecule has 0 aliphatic heterocycles. The molecule has 1 rings (SSSR count). The second-order valence-electron chi connectivity index (χ2n) is 3.91. The summed E-state index contributed by atoms with van der Waals surface area (Å²) < 4.78 is 1.87. The van der Waals surface area contributed by atoms with Gasteiger partial charge in [-0.1, -0.05) is 19.8 Å². The number of unbranched alkanes of at least 4 members (excludes halogenated alkanes) is 2. The smallest absolute Gasteiger partial charge is 0.267 e. The maximum Gasteiger partial charge on any atom is 0.267 e. The molecule has 4 nitrogen and oxygen atoms in total. The normalized spacial score (nSPS) is 10.4. The van der Waals surface area contributed by atoms with Crippen LogP contribution < -0.4 is 11.1 Å². The van der Waals surface area contributed by atoms with Gasteiger partial charge in [0.1, 0.15) is 5.69 Å². The first-order valence-corrected chi connectivity index (χ1v) is 5.92. The number of anilines is 1. The third-order valence-electron chi connectivity index (χ3n) is 2.56. The van der Waals surface area contributed by atoms with E-state index in [1.807, 2.05) is 11.5 Å². The molecule has 4 heteroatoms. The van der Waals surface area contributed by atoms with Gasteiger partial charge < -0.3 is 15.6 Å². The molecular formula is C12H21N3O. The summed E-state index contributed by atoms with van der Waals surface area (Å²) >= 11 is 0. The van der Waals surface area contributed by atoms with Crippen molar-refractivity contribution in [1.29, 1.82) is 0 Å². The van der Waals surface area contributed by atoms with Crippen LogP contribution in [-0.4, -0.2) is 17.0 Å². The van der Waals surface area contributed by atoms with E-state index in [1.165, 1.54) is 0 Å². The van der Waals surface area contributed by atoms with E-state index < -0.39 is 0 Å². The quantitative estimate of drug-likeness (QED) is 0.725. The zero-order valence-electron chi connectivity index (χ0n) is 10.1. The number of nitrogens with two attached hydrogens (primary N) is 1.